The fraction of sp³-hybridized carbons (Fsp3) is 0.545. The van der Waals surface area contributed by atoms with E-state index >= 15 is 0 Å². The third-order valence-electron chi connectivity index (χ3n) is 2.49. The van der Waals surface area contributed by atoms with Gasteiger partial charge < -0.3 is 14.1 Å². The molecule has 82 valence electrons. The molecule has 0 aromatic carbocycles. The topological polar surface area (TPSA) is 42.7 Å². The van der Waals surface area contributed by atoms with Crippen LogP contribution in [0.5, 0.6) is 0 Å². The van der Waals surface area contributed by atoms with E-state index in [1.807, 2.05) is 13.0 Å². The average molecular weight is 209 g/mol. The van der Waals surface area contributed by atoms with E-state index in [1.54, 1.807) is 6.07 Å². The van der Waals surface area contributed by atoms with Gasteiger partial charge in [-0.15, -0.1) is 0 Å². The van der Waals surface area contributed by atoms with Crippen LogP contribution in [0.1, 0.15) is 23.9 Å². The summed E-state index contributed by atoms with van der Waals surface area (Å²) in [5.74, 6) is 1.14. The SMILES string of the molecule is CC1CN(c2ccc(C=O)o2)CCCO1. The molecule has 1 aromatic heterocycles. The van der Waals surface area contributed by atoms with Crippen LogP contribution in [0.25, 0.3) is 0 Å². The monoisotopic (exact) mass is 209 g/mol. The lowest BCUT2D eigenvalue weighted by Gasteiger charge is -2.20. The maximum absolute atomic E-state index is 10.5. The smallest absolute Gasteiger partial charge is 0.196 e. The van der Waals surface area contributed by atoms with E-state index in [1.165, 1.54) is 0 Å². The molecule has 4 heteroatoms. The molecule has 4 nitrogen and oxygen atoms in total. The molecule has 0 radical (unpaired) electrons. The lowest BCUT2D eigenvalue weighted by molar-refractivity contribution is 0.0818. The molecule has 1 aromatic rings. The van der Waals surface area contributed by atoms with Gasteiger partial charge in [-0.05, 0) is 19.4 Å². The minimum Gasteiger partial charge on any atom is -0.438 e. The molecular formula is C11H15NO3. The van der Waals surface area contributed by atoms with Crippen LogP contribution >= 0.6 is 0 Å². The Morgan fingerprint density at radius 3 is 3.13 bits per heavy atom. The van der Waals surface area contributed by atoms with Crippen LogP contribution in [-0.4, -0.2) is 32.1 Å². The number of aldehydes is 1. The highest BCUT2D eigenvalue weighted by atomic mass is 16.5. The molecule has 2 heterocycles. The highest BCUT2D eigenvalue weighted by Crippen LogP contribution is 2.20. The Labute approximate surface area is 88.8 Å². The Hall–Kier alpha value is -1.29. The molecule has 0 saturated carbocycles. The van der Waals surface area contributed by atoms with Gasteiger partial charge in [0.05, 0.1) is 6.10 Å². The van der Waals surface area contributed by atoms with Crippen molar-refractivity contribution in [3.63, 3.8) is 0 Å². The van der Waals surface area contributed by atoms with Gasteiger partial charge >= 0.3 is 0 Å². The van der Waals surface area contributed by atoms with Crippen LogP contribution in [-0.2, 0) is 4.74 Å². The number of carbonyl (C=O) groups is 1. The summed E-state index contributed by atoms with van der Waals surface area (Å²) in [6.45, 7) is 4.56. The Morgan fingerprint density at radius 2 is 2.40 bits per heavy atom. The van der Waals surface area contributed by atoms with Gasteiger partial charge in [0.2, 0.25) is 0 Å². The van der Waals surface area contributed by atoms with E-state index in [-0.39, 0.29) is 6.10 Å². The molecule has 1 saturated heterocycles. The predicted molar refractivity (Wildman–Crippen MR) is 56.3 cm³/mol. The molecule has 0 spiro atoms. The first-order chi connectivity index (χ1) is 7.29. The van der Waals surface area contributed by atoms with Gasteiger partial charge in [0, 0.05) is 25.8 Å². The Kier molecular flexibility index (Phi) is 3.06. The van der Waals surface area contributed by atoms with Crippen LogP contribution in [0.2, 0.25) is 0 Å². The number of rotatable bonds is 2. The Balaban J connectivity index is 2.10. The van der Waals surface area contributed by atoms with Gasteiger partial charge in [0.1, 0.15) is 0 Å². The maximum atomic E-state index is 10.5. The van der Waals surface area contributed by atoms with E-state index in [0.29, 0.717) is 5.76 Å². The van der Waals surface area contributed by atoms with Gasteiger partial charge in [-0.25, -0.2) is 0 Å². The molecule has 1 fully saturated rings. The third kappa shape index (κ3) is 2.39. The third-order valence-corrected chi connectivity index (χ3v) is 2.49. The summed E-state index contributed by atoms with van der Waals surface area (Å²) in [6, 6.07) is 3.53. The summed E-state index contributed by atoms with van der Waals surface area (Å²) in [4.78, 5) is 12.6. The van der Waals surface area contributed by atoms with Crippen LogP contribution < -0.4 is 4.90 Å². The molecule has 1 aliphatic rings. The van der Waals surface area contributed by atoms with Crippen molar-refractivity contribution in [1.82, 2.24) is 0 Å². The zero-order valence-corrected chi connectivity index (χ0v) is 8.81. The van der Waals surface area contributed by atoms with Gasteiger partial charge in [-0.1, -0.05) is 0 Å². The van der Waals surface area contributed by atoms with Gasteiger partial charge in [-0.3, -0.25) is 4.79 Å². The second-order valence-electron chi connectivity index (χ2n) is 3.77. The second kappa shape index (κ2) is 4.49. The van der Waals surface area contributed by atoms with Crippen molar-refractivity contribution >= 4 is 12.2 Å². The molecule has 1 aliphatic heterocycles. The fourth-order valence-electron chi connectivity index (χ4n) is 1.77. The first kappa shape index (κ1) is 10.2. The van der Waals surface area contributed by atoms with Crippen molar-refractivity contribution < 1.29 is 13.9 Å². The van der Waals surface area contributed by atoms with Crippen molar-refractivity contribution in [2.45, 2.75) is 19.4 Å². The molecule has 1 atom stereocenters. The number of ether oxygens (including phenoxy) is 1. The van der Waals surface area contributed by atoms with Crippen molar-refractivity contribution in [3.05, 3.63) is 17.9 Å². The number of anilines is 1. The van der Waals surface area contributed by atoms with Crippen LogP contribution in [0.4, 0.5) is 5.88 Å². The summed E-state index contributed by atoms with van der Waals surface area (Å²) in [5, 5.41) is 0. The van der Waals surface area contributed by atoms with Crippen LogP contribution in [0, 0.1) is 0 Å². The van der Waals surface area contributed by atoms with E-state index < -0.39 is 0 Å². The van der Waals surface area contributed by atoms with Gasteiger partial charge in [-0.2, -0.15) is 0 Å². The lowest BCUT2D eigenvalue weighted by atomic mass is 10.3. The van der Waals surface area contributed by atoms with E-state index in [4.69, 9.17) is 9.15 Å². The van der Waals surface area contributed by atoms with Gasteiger partial charge in [0.25, 0.3) is 0 Å². The predicted octanol–water partition coefficient (Wildman–Crippen LogP) is 1.71. The molecule has 0 amide bonds. The zero-order chi connectivity index (χ0) is 10.7. The normalized spacial score (nSPS) is 22.5. The molecule has 0 bridgehead atoms. The fourth-order valence-corrected chi connectivity index (χ4v) is 1.77. The maximum Gasteiger partial charge on any atom is 0.196 e. The first-order valence-electron chi connectivity index (χ1n) is 5.21. The second-order valence-corrected chi connectivity index (χ2v) is 3.77. The van der Waals surface area contributed by atoms with Crippen molar-refractivity contribution in [3.8, 4) is 0 Å². The van der Waals surface area contributed by atoms with E-state index in [0.717, 1.165) is 38.3 Å². The minimum atomic E-state index is 0.206. The van der Waals surface area contributed by atoms with E-state index in [9.17, 15) is 4.79 Å². The molecular weight excluding hydrogens is 194 g/mol. The largest absolute Gasteiger partial charge is 0.438 e. The summed E-state index contributed by atoms with van der Waals surface area (Å²) in [7, 11) is 0. The number of furan rings is 1. The summed E-state index contributed by atoms with van der Waals surface area (Å²) < 4.78 is 10.9. The lowest BCUT2D eigenvalue weighted by Crippen LogP contribution is -2.29. The van der Waals surface area contributed by atoms with Gasteiger partial charge in [0.15, 0.2) is 17.9 Å². The number of carbonyl (C=O) groups excluding carboxylic acids is 1. The van der Waals surface area contributed by atoms with Crippen molar-refractivity contribution in [2.75, 3.05) is 24.6 Å². The first-order valence-corrected chi connectivity index (χ1v) is 5.21. The minimum absolute atomic E-state index is 0.206. The highest BCUT2D eigenvalue weighted by molar-refractivity contribution is 5.71. The molecule has 15 heavy (non-hydrogen) atoms. The van der Waals surface area contributed by atoms with Crippen molar-refractivity contribution in [2.24, 2.45) is 0 Å². The van der Waals surface area contributed by atoms with E-state index in [2.05, 4.69) is 4.90 Å². The van der Waals surface area contributed by atoms with Crippen molar-refractivity contribution in [1.29, 1.82) is 0 Å². The number of hydrogen-bond donors (Lipinski definition) is 0. The highest BCUT2D eigenvalue weighted by Gasteiger charge is 2.17. The van der Waals surface area contributed by atoms with Crippen LogP contribution in [0.15, 0.2) is 16.5 Å². The Morgan fingerprint density at radius 1 is 1.53 bits per heavy atom. The average Bonchev–Trinajstić information content (AvgIpc) is 2.61. The standard InChI is InChI=1S/C11H15NO3/c1-9-7-12(5-2-6-14-9)11-4-3-10(8-13)15-11/h3-4,8-9H,2,5-7H2,1H3. The molecule has 2 rings (SSSR count). The molecule has 0 N–H and O–H groups in total. The number of hydrogen-bond acceptors (Lipinski definition) is 4. The van der Waals surface area contributed by atoms with Crippen LogP contribution in [0.3, 0.4) is 0 Å². The summed E-state index contributed by atoms with van der Waals surface area (Å²) >= 11 is 0. The molecule has 0 aliphatic carbocycles. The quantitative estimate of drug-likeness (QED) is 0.695. The number of nitrogens with zero attached hydrogens (tertiary/aromatic N) is 1. The summed E-state index contributed by atoms with van der Waals surface area (Å²) in [5.41, 5.74) is 0. The zero-order valence-electron chi connectivity index (χ0n) is 8.81. The molecule has 1 unspecified atom stereocenters. The Bertz CT molecular complexity index is 334. The summed E-state index contributed by atoms with van der Waals surface area (Å²) in [6.07, 6.45) is 1.92.